The highest BCUT2D eigenvalue weighted by Gasteiger charge is 2.66. The second-order valence-corrected chi connectivity index (χ2v) is 8.21. The molecule has 3 atom stereocenters. The number of hydrogen-bond donors (Lipinski definition) is 2. The van der Waals surface area contributed by atoms with E-state index in [4.69, 9.17) is 21.2 Å². The summed E-state index contributed by atoms with van der Waals surface area (Å²) >= 11 is 5.85. The summed E-state index contributed by atoms with van der Waals surface area (Å²) in [5.74, 6) is -0.222. The lowest BCUT2D eigenvalue weighted by Gasteiger charge is -2.28. The van der Waals surface area contributed by atoms with Gasteiger partial charge in [-0.15, -0.1) is 6.58 Å². The van der Waals surface area contributed by atoms with E-state index in [-0.39, 0.29) is 23.8 Å². The molecular weight excluding hydrogens is 327 g/mol. The molecule has 1 aromatic rings. The Balaban J connectivity index is 2.36. The summed E-state index contributed by atoms with van der Waals surface area (Å²) in [5.41, 5.74) is 0.505. The molecule has 0 bridgehead atoms. The maximum absolute atomic E-state index is 13.4. The average molecular weight is 345 g/mol. The largest absolute Gasteiger partial charge is 0.465 e. The molecule has 2 rings (SSSR count). The summed E-state index contributed by atoms with van der Waals surface area (Å²) in [5, 5.41) is 10.6. The van der Waals surface area contributed by atoms with Crippen molar-refractivity contribution in [3.8, 4) is 0 Å². The molecule has 1 fully saturated rings. The fourth-order valence-electron chi connectivity index (χ4n) is 2.62. The van der Waals surface area contributed by atoms with E-state index in [0.717, 1.165) is 0 Å². The molecule has 1 unspecified atom stereocenters. The van der Waals surface area contributed by atoms with Crippen LogP contribution in [-0.4, -0.2) is 28.1 Å². The second-order valence-electron chi connectivity index (χ2n) is 5.10. The lowest BCUT2D eigenvalue weighted by atomic mass is 10.4. The van der Waals surface area contributed by atoms with Gasteiger partial charge in [0.15, 0.2) is 0 Å². The van der Waals surface area contributed by atoms with Gasteiger partial charge < -0.3 is 14.9 Å². The van der Waals surface area contributed by atoms with Gasteiger partial charge in [0.05, 0.1) is 18.5 Å². The van der Waals surface area contributed by atoms with Gasteiger partial charge in [0.1, 0.15) is 10.4 Å². The van der Waals surface area contributed by atoms with Crippen molar-refractivity contribution >= 4 is 25.1 Å². The van der Waals surface area contributed by atoms with E-state index in [1.807, 2.05) is 0 Å². The van der Waals surface area contributed by atoms with Gasteiger partial charge in [-0.1, -0.05) is 23.7 Å². The van der Waals surface area contributed by atoms with Crippen LogP contribution in [0.4, 0.5) is 4.79 Å². The zero-order chi connectivity index (χ0) is 16.4. The number of rotatable bonds is 7. The van der Waals surface area contributed by atoms with Crippen LogP contribution >= 0.6 is 19.0 Å². The summed E-state index contributed by atoms with van der Waals surface area (Å²) in [6.45, 7) is 5.61. The molecule has 22 heavy (non-hydrogen) atoms. The van der Waals surface area contributed by atoms with Crippen LogP contribution < -0.4 is 5.32 Å². The molecule has 6 nitrogen and oxygen atoms in total. The summed E-state index contributed by atoms with van der Waals surface area (Å²) in [6, 6.07) is 5.01. The van der Waals surface area contributed by atoms with E-state index in [1.54, 1.807) is 31.2 Å². The van der Waals surface area contributed by atoms with Crippen molar-refractivity contribution < 1.29 is 19.0 Å². The Morgan fingerprint density at radius 1 is 1.73 bits per heavy atom. The van der Waals surface area contributed by atoms with E-state index >= 15 is 0 Å². The van der Waals surface area contributed by atoms with Crippen LogP contribution in [0.5, 0.6) is 0 Å². The number of carbonyl (C=O) groups is 1. The SMILES string of the molecule is C=C[C@@H]1C[C@]1(NC(=O)O)P(=O)(Cc1cccc(Cl)n1)OCC. The molecule has 1 heterocycles. The summed E-state index contributed by atoms with van der Waals surface area (Å²) in [4.78, 5) is 15.2. The van der Waals surface area contributed by atoms with Crippen molar-refractivity contribution in [2.45, 2.75) is 24.8 Å². The van der Waals surface area contributed by atoms with Crippen molar-refractivity contribution in [3.05, 3.63) is 41.7 Å². The number of amides is 1. The first-order chi connectivity index (χ1) is 10.4. The van der Waals surface area contributed by atoms with Gasteiger partial charge in [-0.3, -0.25) is 4.57 Å². The average Bonchev–Trinajstić information content (AvgIpc) is 3.13. The smallest absolute Gasteiger partial charge is 0.405 e. The molecule has 0 aromatic carbocycles. The molecule has 1 amide bonds. The second kappa shape index (κ2) is 6.41. The van der Waals surface area contributed by atoms with Gasteiger partial charge in [0.25, 0.3) is 0 Å². The predicted octanol–water partition coefficient (Wildman–Crippen LogP) is 3.72. The fourth-order valence-corrected chi connectivity index (χ4v) is 5.78. The van der Waals surface area contributed by atoms with Gasteiger partial charge in [-0.2, -0.15) is 0 Å². The van der Waals surface area contributed by atoms with Crippen molar-refractivity contribution in [1.29, 1.82) is 0 Å². The topological polar surface area (TPSA) is 88.5 Å². The molecule has 1 aliphatic carbocycles. The lowest BCUT2D eigenvalue weighted by Crippen LogP contribution is -2.38. The summed E-state index contributed by atoms with van der Waals surface area (Å²) in [6.07, 6.45) is 0.794. The molecule has 1 aromatic heterocycles. The number of hydrogen-bond acceptors (Lipinski definition) is 4. The van der Waals surface area contributed by atoms with Crippen LogP contribution in [0.25, 0.3) is 0 Å². The van der Waals surface area contributed by atoms with Crippen LogP contribution in [0.15, 0.2) is 30.9 Å². The van der Waals surface area contributed by atoms with E-state index < -0.39 is 18.7 Å². The number of halogens is 1. The highest BCUT2D eigenvalue weighted by Crippen LogP contribution is 2.73. The van der Waals surface area contributed by atoms with E-state index in [0.29, 0.717) is 12.1 Å². The minimum Gasteiger partial charge on any atom is -0.465 e. The predicted molar refractivity (Wildman–Crippen MR) is 84.4 cm³/mol. The van der Waals surface area contributed by atoms with Gasteiger partial charge in [0.2, 0.25) is 7.37 Å². The Labute approximate surface area is 134 Å². The number of aromatic nitrogens is 1. The fraction of sp³-hybridized carbons (Fsp3) is 0.429. The van der Waals surface area contributed by atoms with Crippen LogP contribution in [0.1, 0.15) is 19.0 Å². The van der Waals surface area contributed by atoms with Gasteiger partial charge >= 0.3 is 6.09 Å². The van der Waals surface area contributed by atoms with Crippen molar-refractivity contribution in [1.82, 2.24) is 10.3 Å². The molecule has 0 aliphatic heterocycles. The normalized spacial score (nSPS) is 26.0. The third kappa shape index (κ3) is 3.19. The van der Waals surface area contributed by atoms with Crippen LogP contribution in [0.2, 0.25) is 5.15 Å². The van der Waals surface area contributed by atoms with Gasteiger partial charge in [-0.05, 0) is 25.5 Å². The number of carboxylic acid groups (broad SMARTS) is 1. The molecule has 0 spiro atoms. The van der Waals surface area contributed by atoms with E-state index in [2.05, 4.69) is 16.9 Å². The third-order valence-electron chi connectivity index (χ3n) is 3.68. The van der Waals surface area contributed by atoms with Gasteiger partial charge in [-0.25, -0.2) is 9.78 Å². The number of pyridine rings is 1. The number of nitrogens with zero attached hydrogens (tertiary/aromatic N) is 1. The Bertz CT molecular complexity index is 639. The van der Waals surface area contributed by atoms with E-state index in [9.17, 15) is 9.36 Å². The summed E-state index contributed by atoms with van der Waals surface area (Å²) in [7, 11) is -3.36. The minimum absolute atomic E-state index is 0.0199. The molecule has 8 heteroatoms. The Morgan fingerprint density at radius 3 is 2.95 bits per heavy atom. The number of nitrogens with one attached hydrogen (secondary N) is 1. The highest BCUT2D eigenvalue weighted by molar-refractivity contribution is 7.60. The van der Waals surface area contributed by atoms with E-state index in [1.165, 1.54) is 0 Å². The standard InChI is InChI=1S/C14H18ClN2O4P/c1-3-10-8-14(10,17-13(18)19)22(20,21-4-2)9-11-6-5-7-12(15)16-11/h3,5-7,10,17H,1,4,8-9H2,2H3,(H,18,19)/t10-,14+,22?/m1/s1. The first-order valence-electron chi connectivity index (χ1n) is 6.85. The Hall–Kier alpha value is -1.36. The van der Waals surface area contributed by atoms with Crippen LogP contribution in [0.3, 0.4) is 0 Å². The molecule has 1 aliphatic rings. The van der Waals surface area contributed by atoms with Crippen molar-refractivity contribution in [2.75, 3.05) is 6.61 Å². The van der Waals surface area contributed by atoms with Crippen molar-refractivity contribution in [2.24, 2.45) is 5.92 Å². The maximum Gasteiger partial charge on any atom is 0.405 e. The van der Waals surface area contributed by atoms with Crippen LogP contribution in [-0.2, 0) is 15.3 Å². The van der Waals surface area contributed by atoms with Crippen LogP contribution in [0, 0.1) is 5.92 Å². The molecule has 1 saturated carbocycles. The summed E-state index contributed by atoms with van der Waals surface area (Å²) < 4.78 is 18.9. The highest BCUT2D eigenvalue weighted by atomic mass is 35.5. The lowest BCUT2D eigenvalue weighted by molar-refractivity contribution is 0.189. The zero-order valence-corrected chi connectivity index (χ0v) is 13.8. The molecule has 2 N–H and O–H groups in total. The molecule has 0 radical (unpaired) electrons. The van der Waals surface area contributed by atoms with Crippen molar-refractivity contribution in [3.63, 3.8) is 0 Å². The quantitative estimate of drug-likeness (QED) is 0.447. The zero-order valence-electron chi connectivity index (χ0n) is 12.2. The maximum atomic E-state index is 13.4. The monoisotopic (exact) mass is 344 g/mol. The Kier molecular flexibility index (Phi) is 4.95. The Morgan fingerprint density at radius 2 is 2.45 bits per heavy atom. The molecule has 0 saturated heterocycles. The first-order valence-corrected chi connectivity index (χ1v) is 9.04. The molecular formula is C14H18ClN2O4P. The third-order valence-corrected chi connectivity index (χ3v) is 7.15. The minimum atomic E-state index is -3.36. The first kappa shape index (κ1) is 17.0. The van der Waals surface area contributed by atoms with Gasteiger partial charge in [0, 0.05) is 5.92 Å². The molecule has 120 valence electrons.